The average molecular weight is 365 g/mol. The highest BCUT2D eigenvalue weighted by molar-refractivity contribution is 5.83. The molecule has 1 N–H and O–H groups in total. The highest BCUT2D eigenvalue weighted by Gasteiger charge is 2.29. The van der Waals surface area contributed by atoms with Crippen molar-refractivity contribution < 1.29 is 23.8 Å². The number of ether oxygens (including phenoxy) is 3. The van der Waals surface area contributed by atoms with E-state index in [9.17, 15) is 9.59 Å². The van der Waals surface area contributed by atoms with Gasteiger partial charge in [0.25, 0.3) is 0 Å². The van der Waals surface area contributed by atoms with E-state index in [2.05, 4.69) is 5.32 Å². The number of rotatable bonds is 7. The van der Waals surface area contributed by atoms with Crippen molar-refractivity contribution in [3.8, 4) is 5.75 Å². The first-order valence-electron chi connectivity index (χ1n) is 8.70. The average Bonchev–Trinajstić information content (AvgIpc) is 2.48. The molecule has 0 spiro atoms. The number of nitrogens with one attached hydrogen (secondary N) is 1. The summed E-state index contributed by atoms with van der Waals surface area (Å²) in [4.78, 5) is 24.6. The molecule has 0 saturated heterocycles. The number of hydrogen-bond acceptors (Lipinski definition) is 6. The van der Waals surface area contributed by atoms with Crippen molar-refractivity contribution in [2.45, 2.75) is 71.8 Å². The van der Waals surface area contributed by atoms with Gasteiger partial charge in [0, 0.05) is 6.54 Å². The molecule has 0 radical (unpaired) electrons. The van der Waals surface area contributed by atoms with Gasteiger partial charge in [-0.25, -0.2) is 0 Å². The van der Waals surface area contributed by atoms with Gasteiger partial charge in [0.2, 0.25) is 0 Å². The Balaban J connectivity index is 2.78. The van der Waals surface area contributed by atoms with Crippen molar-refractivity contribution in [3.05, 3.63) is 29.8 Å². The molecule has 146 valence electrons. The van der Waals surface area contributed by atoms with Crippen molar-refractivity contribution >= 4 is 11.9 Å². The summed E-state index contributed by atoms with van der Waals surface area (Å²) in [7, 11) is 1.60. The molecule has 1 atom stereocenters. The molecule has 1 aromatic rings. The lowest BCUT2D eigenvalue weighted by atomic mass is 10.1. The van der Waals surface area contributed by atoms with Crippen LogP contribution in [0.15, 0.2) is 24.3 Å². The van der Waals surface area contributed by atoms with Crippen LogP contribution in [0, 0.1) is 0 Å². The summed E-state index contributed by atoms with van der Waals surface area (Å²) in [6.45, 7) is 11.2. The maximum atomic E-state index is 12.5. The van der Waals surface area contributed by atoms with Crippen LogP contribution < -0.4 is 10.1 Å². The van der Waals surface area contributed by atoms with Gasteiger partial charge in [-0.3, -0.25) is 14.9 Å². The monoisotopic (exact) mass is 365 g/mol. The van der Waals surface area contributed by atoms with Crippen LogP contribution in [0.4, 0.5) is 0 Å². The molecule has 1 aromatic carbocycles. The Morgan fingerprint density at radius 1 is 0.962 bits per heavy atom. The number of esters is 2. The fourth-order valence-electron chi connectivity index (χ4n) is 2.15. The fraction of sp³-hybridized carbons (Fsp3) is 0.600. The normalized spacial score (nSPS) is 13.0. The van der Waals surface area contributed by atoms with Crippen molar-refractivity contribution in [2.75, 3.05) is 7.11 Å². The molecule has 0 aliphatic carbocycles. The van der Waals surface area contributed by atoms with Crippen LogP contribution in [0.5, 0.6) is 5.75 Å². The van der Waals surface area contributed by atoms with Crippen LogP contribution in [0.25, 0.3) is 0 Å². The first-order valence-corrected chi connectivity index (χ1v) is 8.70. The summed E-state index contributed by atoms with van der Waals surface area (Å²) in [6, 6.07) is 6.68. The number of carbonyl (C=O) groups excluding carboxylic acids is 2. The third-order valence-corrected chi connectivity index (χ3v) is 3.19. The number of methoxy groups -OCH3 is 1. The van der Waals surface area contributed by atoms with Gasteiger partial charge in [-0.2, -0.15) is 0 Å². The van der Waals surface area contributed by atoms with E-state index >= 15 is 0 Å². The molecule has 0 unspecified atom stereocenters. The molecule has 0 heterocycles. The second kappa shape index (κ2) is 9.03. The van der Waals surface area contributed by atoms with Crippen LogP contribution in [0.1, 0.15) is 53.5 Å². The summed E-state index contributed by atoms with van der Waals surface area (Å²) in [5.74, 6) is -0.168. The summed E-state index contributed by atoms with van der Waals surface area (Å²) in [5, 5.41) is 3.10. The summed E-state index contributed by atoms with van der Waals surface area (Å²) in [6.07, 6.45) is -0.0949. The van der Waals surface area contributed by atoms with Gasteiger partial charge in [-0.05, 0) is 59.2 Å². The fourth-order valence-corrected chi connectivity index (χ4v) is 2.15. The third-order valence-electron chi connectivity index (χ3n) is 3.19. The SMILES string of the molecule is COc1ccc(CN[C@@H](CC(=O)OC(C)(C)C)C(=O)OC(C)(C)C)cc1. The van der Waals surface area contributed by atoms with E-state index in [1.165, 1.54) is 0 Å². The molecule has 6 heteroatoms. The second-order valence-electron chi connectivity index (χ2n) is 8.11. The van der Waals surface area contributed by atoms with Crippen molar-refractivity contribution in [1.82, 2.24) is 5.32 Å². The van der Waals surface area contributed by atoms with Crippen molar-refractivity contribution in [3.63, 3.8) is 0 Å². The van der Waals surface area contributed by atoms with E-state index in [1.54, 1.807) is 48.7 Å². The van der Waals surface area contributed by atoms with E-state index in [1.807, 2.05) is 24.3 Å². The van der Waals surface area contributed by atoms with Crippen LogP contribution in [-0.4, -0.2) is 36.3 Å². The Labute approximate surface area is 156 Å². The number of hydrogen-bond donors (Lipinski definition) is 1. The minimum absolute atomic E-state index is 0.0949. The summed E-state index contributed by atoms with van der Waals surface area (Å²) >= 11 is 0. The maximum Gasteiger partial charge on any atom is 0.324 e. The predicted octanol–water partition coefficient (Wildman–Crippen LogP) is 3.23. The lowest BCUT2D eigenvalue weighted by Gasteiger charge is -2.26. The molecule has 26 heavy (non-hydrogen) atoms. The van der Waals surface area contributed by atoms with Crippen LogP contribution >= 0.6 is 0 Å². The summed E-state index contributed by atoms with van der Waals surface area (Å²) < 4.78 is 15.9. The molecule has 0 aliphatic rings. The highest BCUT2D eigenvalue weighted by Crippen LogP contribution is 2.15. The van der Waals surface area contributed by atoms with Crippen LogP contribution in [-0.2, 0) is 25.6 Å². The Bertz CT molecular complexity index is 596. The van der Waals surface area contributed by atoms with Gasteiger partial charge >= 0.3 is 11.9 Å². The van der Waals surface area contributed by atoms with Crippen molar-refractivity contribution in [2.24, 2.45) is 0 Å². The van der Waals surface area contributed by atoms with Crippen molar-refractivity contribution in [1.29, 1.82) is 0 Å². The van der Waals surface area contributed by atoms with E-state index in [0.29, 0.717) is 6.54 Å². The van der Waals surface area contributed by atoms with Gasteiger partial charge in [-0.1, -0.05) is 12.1 Å². The minimum atomic E-state index is -0.786. The molecule has 0 aliphatic heterocycles. The zero-order valence-electron chi connectivity index (χ0n) is 16.8. The number of carbonyl (C=O) groups is 2. The first kappa shape index (κ1) is 22.0. The quantitative estimate of drug-likeness (QED) is 0.748. The van der Waals surface area contributed by atoms with Crippen LogP contribution in [0.3, 0.4) is 0 Å². The van der Waals surface area contributed by atoms with E-state index in [0.717, 1.165) is 11.3 Å². The van der Waals surface area contributed by atoms with Gasteiger partial charge in [0.15, 0.2) is 0 Å². The molecule has 0 bridgehead atoms. The lowest BCUT2D eigenvalue weighted by molar-refractivity contribution is -0.164. The van der Waals surface area contributed by atoms with Gasteiger partial charge in [0.05, 0.1) is 13.5 Å². The second-order valence-corrected chi connectivity index (χ2v) is 8.11. The number of benzene rings is 1. The minimum Gasteiger partial charge on any atom is -0.497 e. The van der Waals surface area contributed by atoms with Gasteiger partial charge in [-0.15, -0.1) is 0 Å². The molecule has 6 nitrogen and oxygen atoms in total. The van der Waals surface area contributed by atoms with E-state index in [4.69, 9.17) is 14.2 Å². The zero-order valence-corrected chi connectivity index (χ0v) is 16.8. The first-order chi connectivity index (χ1) is 11.9. The van der Waals surface area contributed by atoms with Crippen LogP contribution in [0.2, 0.25) is 0 Å². The standard InChI is InChI=1S/C20H31NO5/c1-19(2,3)25-17(22)12-16(18(23)26-20(4,5)6)21-13-14-8-10-15(24-7)11-9-14/h8-11,16,21H,12-13H2,1-7H3/t16-/m0/s1. The van der Waals surface area contributed by atoms with Gasteiger partial charge in [0.1, 0.15) is 23.0 Å². The molecular weight excluding hydrogens is 334 g/mol. The lowest BCUT2D eigenvalue weighted by Crippen LogP contribution is -2.43. The zero-order chi connectivity index (χ0) is 20.0. The molecule has 1 rings (SSSR count). The summed E-state index contributed by atoms with van der Waals surface area (Å²) in [5.41, 5.74) is -0.278. The molecule has 0 fully saturated rings. The molecule has 0 saturated carbocycles. The Morgan fingerprint density at radius 2 is 1.50 bits per heavy atom. The molecular formula is C20H31NO5. The Hall–Kier alpha value is -2.08. The Kier molecular flexibility index (Phi) is 7.63. The van der Waals surface area contributed by atoms with E-state index < -0.39 is 29.2 Å². The largest absolute Gasteiger partial charge is 0.497 e. The maximum absolute atomic E-state index is 12.5. The highest BCUT2D eigenvalue weighted by atomic mass is 16.6. The molecule has 0 aromatic heterocycles. The Morgan fingerprint density at radius 3 is 1.96 bits per heavy atom. The predicted molar refractivity (Wildman–Crippen MR) is 99.9 cm³/mol. The van der Waals surface area contributed by atoms with Gasteiger partial charge < -0.3 is 14.2 Å². The smallest absolute Gasteiger partial charge is 0.324 e. The molecule has 0 amide bonds. The third kappa shape index (κ3) is 8.85. The van der Waals surface area contributed by atoms with E-state index in [-0.39, 0.29) is 6.42 Å². The topological polar surface area (TPSA) is 73.9 Å².